The van der Waals surface area contributed by atoms with Gasteiger partial charge in [-0.05, 0) is 31.2 Å². The third kappa shape index (κ3) is 8.50. The Kier molecular flexibility index (Phi) is 11.1. The number of allylic oxidation sites excluding steroid dienone is 1. The Morgan fingerprint density at radius 2 is 1.73 bits per heavy atom. The number of nitrogens with zero attached hydrogens (tertiary/aromatic N) is 1. The number of benzene rings is 1. The first-order chi connectivity index (χ1) is 14.2. The highest BCUT2D eigenvalue weighted by Crippen LogP contribution is 2.21. The van der Waals surface area contributed by atoms with Gasteiger partial charge in [0.05, 0.1) is 6.04 Å². The Bertz CT molecular complexity index is 707. The quantitative estimate of drug-likeness (QED) is 0.283. The fraction of sp³-hybridized carbons (Fsp3) is 0.462. The Morgan fingerprint density at radius 1 is 1.10 bits per heavy atom. The molecule has 1 rings (SSSR count). The summed E-state index contributed by atoms with van der Waals surface area (Å²) in [4.78, 5) is 2.03. The van der Waals surface area contributed by atoms with Crippen molar-refractivity contribution in [2.75, 3.05) is 13.6 Å². The van der Waals surface area contributed by atoms with Crippen LogP contribution in [0.15, 0.2) is 79.3 Å². The van der Waals surface area contributed by atoms with E-state index in [1.165, 1.54) is 18.4 Å². The highest BCUT2D eigenvalue weighted by atomic mass is 15.2. The molecule has 30 heavy (non-hydrogen) atoms. The van der Waals surface area contributed by atoms with Gasteiger partial charge < -0.3 is 21.3 Å². The predicted octanol–water partition coefficient (Wildman–Crippen LogP) is 4.94. The maximum absolute atomic E-state index is 6.53. The molecule has 4 nitrogen and oxygen atoms in total. The van der Waals surface area contributed by atoms with Gasteiger partial charge in [0, 0.05) is 30.7 Å². The molecule has 1 aromatic carbocycles. The summed E-state index contributed by atoms with van der Waals surface area (Å²) in [6.45, 7) is 23.8. The predicted molar refractivity (Wildman–Crippen MR) is 132 cm³/mol. The second kappa shape index (κ2) is 13.0. The standard InChI is InChI=1S/C26H42N4/c1-9-10-14-20(4)23(7)30(8)26(27)22(6)29-25(21(5)28-18-19(2)3)17-24-15-12-11-13-16-24/h11-13,15-16,20,25-26,28-29H,2,5-7,9-10,14,17-18,27H2,1,3-4,8H3. The maximum Gasteiger partial charge on any atom is 0.117 e. The van der Waals surface area contributed by atoms with Gasteiger partial charge >= 0.3 is 0 Å². The average Bonchev–Trinajstić information content (AvgIpc) is 2.74. The Hall–Kier alpha value is -2.46. The SMILES string of the molecule is C=C(C)CNC(=C)C(Cc1ccccc1)NC(=C)C(N)N(C)C(=C)C(C)CCCC. The molecule has 0 aliphatic carbocycles. The number of likely N-dealkylation sites (N-methyl/N-ethyl adjacent to an activating group) is 1. The lowest BCUT2D eigenvalue weighted by molar-refractivity contribution is 0.292. The van der Waals surface area contributed by atoms with Crippen molar-refractivity contribution < 1.29 is 0 Å². The van der Waals surface area contributed by atoms with E-state index in [0.29, 0.717) is 12.5 Å². The van der Waals surface area contributed by atoms with Crippen molar-refractivity contribution in [3.63, 3.8) is 0 Å². The van der Waals surface area contributed by atoms with Crippen LogP contribution < -0.4 is 16.4 Å². The molecule has 0 saturated carbocycles. The van der Waals surface area contributed by atoms with Crippen molar-refractivity contribution in [3.8, 4) is 0 Å². The molecule has 0 bridgehead atoms. The van der Waals surface area contributed by atoms with E-state index in [4.69, 9.17) is 5.73 Å². The minimum absolute atomic E-state index is 0.0375. The normalized spacial score (nSPS) is 13.6. The van der Waals surface area contributed by atoms with Crippen LogP contribution in [0.2, 0.25) is 0 Å². The molecule has 0 heterocycles. The lowest BCUT2D eigenvalue weighted by atomic mass is 10.00. The topological polar surface area (TPSA) is 53.3 Å². The maximum atomic E-state index is 6.53. The average molecular weight is 411 g/mol. The fourth-order valence-corrected chi connectivity index (χ4v) is 3.24. The first-order valence-electron chi connectivity index (χ1n) is 10.9. The number of nitrogens with one attached hydrogen (secondary N) is 2. The second-order valence-electron chi connectivity index (χ2n) is 8.34. The van der Waals surface area contributed by atoms with Gasteiger partial charge in [-0.1, -0.05) is 88.9 Å². The van der Waals surface area contributed by atoms with Gasteiger partial charge in [0.25, 0.3) is 0 Å². The van der Waals surface area contributed by atoms with Crippen LogP contribution >= 0.6 is 0 Å². The summed E-state index contributed by atoms with van der Waals surface area (Å²) in [6.07, 6.45) is 3.91. The first kappa shape index (κ1) is 25.6. The molecule has 0 spiro atoms. The second-order valence-corrected chi connectivity index (χ2v) is 8.34. The van der Waals surface area contributed by atoms with Crippen molar-refractivity contribution in [2.24, 2.45) is 11.7 Å². The van der Waals surface area contributed by atoms with Crippen molar-refractivity contribution in [1.82, 2.24) is 15.5 Å². The van der Waals surface area contributed by atoms with Crippen LogP contribution in [0.1, 0.15) is 45.6 Å². The van der Waals surface area contributed by atoms with Crippen LogP contribution in [0.3, 0.4) is 0 Å². The van der Waals surface area contributed by atoms with Gasteiger partial charge in [-0.3, -0.25) is 0 Å². The van der Waals surface area contributed by atoms with Crippen LogP contribution in [0, 0.1) is 5.92 Å². The van der Waals surface area contributed by atoms with Crippen molar-refractivity contribution in [1.29, 1.82) is 0 Å². The van der Waals surface area contributed by atoms with Crippen molar-refractivity contribution in [2.45, 2.75) is 58.7 Å². The van der Waals surface area contributed by atoms with Gasteiger partial charge in [0.2, 0.25) is 0 Å². The Labute approximate surface area is 184 Å². The number of nitrogens with two attached hydrogens (primary N) is 1. The van der Waals surface area contributed by atoms with E-state index in [1.54, 1.807) is 0 Å². The molecule has 0 saturated heterocycles. The van der Waals surface area contributed by atoms with E-state index >= 15 is 0 Å². The molecular formula is C26H42N4. The molecule has 3 unspecified atom stereocenters. The van der Waals surface area contributed by atoms with E-state index in [9.17, 15) is 0 Å². The van der Waals surface area contributed by atoms with Crippen LogP contribution in [0.5, 0.6) is 0 Å². The zero-order chi connectivity index (χ0) is 22.7. The molecule has 3 atom stereocenters. The Balaban J connectivity index is 2.84. The third-order valence-corrected chi connectivity index (χ3v) is 5.47. The number of hydrogen-bond donors (Lipinski definition) is 3. The van der Waals surface area contributed by atoms with E-state index in [0.717, 1.165) is 35.5 Å². The molecule has 1 aromatic rings. The summed E-state index contributed by atoms with van der Waals surface area (Å²) in [7, 11) is 1.99. The van der Waals surface area contributed by atoms with E-state index in [2.05, 4.69) is 62.9 Å². The molecule has 4 N–H and O–H groups in total. The van der Waals surface area contributed by atoms with Crippen molar-refractivity contribution >= 4 is 0 Å². The van der Waals surface area contributed by atoms with Gasteiger partial charge in [-0.2, -0.15) is 0 Å². The molecule has 166 valence electrons. The van der Waals surface area contributed by atoms with Gasteiger partial charge in [0.15, 0.2) is 0 Å². The smallest absolute Gasteiger partial charge is 0.117 e. The third-order valence-electron chi connectivity index (χ3n) is 5.47. The van der Waals surface area contributed by atoms with Crippen LogP contribution in [0.25, 0.3) is 0 Å². The van der Waals surface area contributed by atoms with E-state index in [1.807, 2.05) is 37.1 Å². The minimum atomic E-state index is -0.367. The number of rotatable bonds is 15. The molecule has 0 aliphatic heterocycles. The summed E-state index contributed by atoms with van der Waals surface area (Å²) in [5.74, 6) is 0.390. The zero-order valence-corrected chi connectivity index (χ0v) is 19.5. The summed E-state index contributed by atoms with van der Waals surface area (Å²) >= 11 is 0. The molecular weight excluding hydrogens is 368 g/mol. The Morgan fingerprint density at radius 3 is 2.30 bits per heavy atom. The highest BCUT2D eigenvalue weighted by molar-refractivity contribution is 5.22. The number of hydrogen-bond acceptors (Lipinski definition) is 4. The minimum Gasteiger partial charge on any atom is -0.383 e. The van der Waals surface area contributed by atoms with Gasteiger partial charge in [-0.25, -0.2) is 0 Å². The summed E-state index contributed by atoms with van der Waals surface area (Å²) in [5, 5.41) is 6.88. The molecule has 0 aromatic heterocycles. The molecule has 4 heteroatoms. The molecule has 0 aliphatic rings. The number of unbranched alkanes of at least 4 members (excludes halogenated alkanes) is 1. The van der Waals surface area contributed by atoms with Crippen LogP contribution in [0.4, 0.5) is 0 Å². The van der Waals surface area contributed by atoms with Crippen molar-refractivity contribution in [3.05, 3.63) is 84.9 Å². The monoisotopic (exact) mass is 410 g/mol. The molecule has 0 amide bonds. The largest absolute Gasteiger partial charge is 0.383 e. The van der Waals surface area contributed by atoms with E-state index < -0.39 is 0 Å². The fourth-order valence-electron chi connectivity index (χ4n) is 3.24. The summed E-state index contributed by atoms with van der Waals surface area (Å²) in [6, 6.07) is 10.3. The van der Waals surface area contributed by atoms with Crippen LogP contribution in [-0.2, 0) is 6.42 Å². The lowest BCUT2D eigenvalue weighted by Gasteiger charge is -2.35. The van der Waals surface area contributed by atoms with E-state index in [-0.39, 0.29) is 12.2 Å². The van der Waals surface area contributed by atoms with Gasteiger partial charge in [-0.15, -0.1) is 0 Å². The highest BCUT2D eigenvalue weighted by Gasteiger charge is 2.22. The molecule has 0 fully saturated rings. The zero-order valence-electron chi connectivity index (χ0n) is 19.5. The summed E-state index contributed by atoms with van der Waals surface area (Å²) < 4.78 is 0. The summed E-state index contributed by atoms with van der Waals surface area (Å²) in [5.41, 5.74) is 11.5. The lowest BCUT2D eigenvalue weighted by Crippen LogP contribution is -2.48. The molecule has 0 radical (unpaired) electrons. The first-order valence-corrected chi connectivity index (χ1v) is 10.9. The van der Waals surface area contributed by atoms with Gasteiger partial charge in [0.1, 0.15) is 6.17 Å². The van der Waals surface area contributed by atoms with Crippen LogP contribution in [-0.4, -0.2) is 30.7 Å².